The molecule has 4 rings (SSSR count). The molecule has 0 aromatic heterocycles. The molecule has 0 radical (unpaired) electrons. The predicted molar refractivity (Wildman–Crippen MR) is 114 cm³/mol. The van der Waals surface area contributed by atoms with Crippen molar-refractivity contribution in [2.75, 3.05) is 24.3 Å². The van der Waals surface area contributed by atoms with Crippen LogP contribution in [0, 0.1) is 11.8 Å². The second-order valence-corrected chi connectivity index (χ2v) is 7.74. The summed E-state index contributed by atoms with van der Waals surface area (Å²) in [6, 6.07) is 14.8. The van der Waals surface area contributed by atoms with Gasteiger partial charge >= 0.3 is 0 Å². The Labute approximate surface area is 175 Å². The zero-order valence-electron chi connectivity index (χ0n) is 16.9. The SMILES string of the molecule is COc1ccc(Nc2cccc(NC(=O)CN3C(=O)C4CCCCC4C3=O)c2)cc1. The Morgan fingerprint density at radius 1 is 0.967 bits per heavy atom. The summed E-state index contributed by atoms with van der Waals surface area (Å²) in [5, 5.41) is 6.05. The molecule has 1 saturated heterocycles. The van der Waals surface area contributed by atoms with E-state index in [1.54, 1.807) is 19.2 Å². The van der Waals surface area contributed by atoms with Crippen LogP contribution >= 0.6 is 0 Å². The maximum Gasteiger partial charge on any atom is 0.244 e. The minimum atomic E-state index is -0.378. The maximum absolute atomic E-state index is 12.5. The highest BCUT2D eigenvalue weighted by Gasteiger charge is 2.48. The van der Waals surface area contributed by atoms with Crippen LogP contribution in [0.2, 0.25) is 0 Å². The molecule has 2 aromatic rings. The number of benzene rings is 2. The van der Waals surface area contributed by atoms with Crippen LogP contribution in [0.25, 0.3) is 0 Å². The second-order valence-electron chi connectivity index (χ2n) is 7.74. The van der Waals surface area contributed by atoms with Crippen molar-refractivity contribution in [3.05, 3.63) is 48.5 Å². The average molecular weight is 407 g/mol. The van der Waals surface area contributed by atoms with Crippen LogP contribution in [0.4, 0.5) is 17.1 Å². The molecule has 1 heterocycles. The van der Waals surface area contributed by atoms with E-state index in [2.05, 4.69) is 10.6 Å². The lowest BCUT2D eigenvalue weighted by molar-refractivity contribution is -0.142. The minimum Gasteiger partial charge on any atom is -0.497 e. The van der Waals surface area contributed by atoms with E-state index in [1.165, 1.54) is 0 Å². The minimum absolute atomic E-state index is 0.199. The normalized spacial score (nSPS) is 20.6. The lowest BCUT2D eigenvalue weighted by atomic mass is 9.81. The Bertz CT molecular complexity index is 933. The van der Waals surface area contributed by atoms with Gasteiger partial charge in [0.2, 0.25) is 17.7 Å². The van der Waals surface area contributed by atoms with Crippen molar-refractivity contribution in [1.82, 2.24) is 4.90 Å². The smallest absolute Gasteiger partial charge is 0.244 e. The van der Waals surface area contributed by atoms with Gasteiger partial charge in [-0.05, 0) is 55.3 Å². The number of hydrogen-bond donors (Lipinski definition) is 2. The van der Waals surface area contributed by atoms with Gasteiger partial charge in [-0.1, -0.05) is 18.9 Å². The van der Waals surface area contributed by atoms with Gasteiger partial charge in [0.1, 0.15) is 12.3 Å². The van der Waals surface area contributed by atoms with Gasteiger partial charge in [-0.3, -0.25) is 19.3 Å². The molecule has 3 amide bonds. The van der Waals surface area contributed by atoms with E-state index in [4.69, 9.17) is 4.74 Å². The molecule has 2 aliphatic rings. The third-order valence-electron chi connectivity index (χ3n) is 5.76. The summed E-state index contributed by atoms with van der Waals surface area (Å²) >= 11 is 0. The van der Waals surface area contributed by atoms with E-state index in [-0.39, 0.29) is 36.1 Å². The number of carbonyl (C=O) groups excluding carboxylic acids is 3. The van der Waals surface area contributed by atoms with Crippen LogP contribution in [-0.2, 0) is 14.4 Å². The number of methoxy groups -OCH3 is 1. The first-order valence-electron chi connectivity index (χ1n) is 10.2. The number of hydrogen-bond acceptors (Lipinski definition) is 5. The van der Waals surface area contributed by atoms with E-state index >= 15 is 0 Å². The van der Waals surface area contributed by atoms with Gasteiger partial charge < -0.3 is 15.4 Å². The molecule has 2 aromatic carbocycles. The molecule has 1 aliphatic carbocycles. The van der Waals surface area contributed by atoms with E-state index in [9.17, 15) is 14.4 Å². The van der Waals surface area contributed by atoms with E-state index in [0.717, 1.165) is 47.7 Å². The maximum atomic E-state index is 12.5. The molecule has 156 valence electrons. The number of rotatable bonds is 6. The van der Waals surface area contributed by atoms with Crippen molar-refractivity contribution >= 4 is 34.8 Å². The molecule has 1 aliphatic heterocycles. The molecule has 7 nitrogen and oxygen atoms in total. The Hall–Kier alpha value is -3.35. The number of fused-ring (bicyclic) bond motifs is 1. The number of nitrogens with zero attached hydrogens (tertiary/aromatic N) is 1. The van der Waals surface area contributed by atoms with E-state index < -0.39 is 0 Å². The highest BCUT2D eigenvalue weighted by atomic mass is 16.5. The predicted octanol–water partition coefficient (Wildman–Crippen LogP) is 3.55. The van der Waals surface area contributed by atoms with Gasteiger partial charge in [-0.25, -0.2) is 0 Å². The molecule has 0 spiro atoms. The molecule has 2 unspecified atom stereocenters. The number of ether oxygens (including phenoxy) is 1. The standard InChI is InChI=1S/C23H25N3O4/c1-30-18-11-9-15(10-12-18)24-16-5-4-6-17(13-16)25-21(27)14-26-22(28)19-7-2-3-8-20(19)23(26)29/h4-6,9-13,19-20,24H,2-3,7-8,14H2,1H3,(H,25,27). The third kappa shape index (κ3) is 4.15. The summed E-state index contributed by atoms with van der Waals surface area (Å²) in [4.78, 5) is 38.7. The summed E-state index contributed by atoms with van der Waals surface area (Å²) in [6.07, 6.45) is 3.42. The van der Waals surface area contributed by atoms with Crippen molar-refractivity contribution in [3.63, 3.8) is 0 Å². The summed E-state index contributed by atoms with van der Waals surface area (Å²) in [5.41, 5.74) is 2.28. The zero-order valence-corrected chi connectivity index (χ0v) is 16.9. The van der Waals surface area contributed by atoms with E-state index in [1.807, 2.05) is 36.4 Å². The molecule has 2 fully saturated rings. The molecule has 2 N–H and O–H groups in total. The molecule has 0 bridgehead atoms. The Kier molecular flexibility index (Phi) is 5.70. The third-order valence-corrected chi connectivity index (χ3v) is 5.76. The van der Waals surface area contributed by atoms with Crippen LogP contribution in [-0.4, -0.2) is 36.3 Å². The monoisotopic (exact) mass is 407 g/mol. The van der Waals surface area contributed by atoms with Crippen LogP contribution in [0.15, 0.2) is 48.5 Å². The fourth-order valence-corrected chi connectivity index (χ4v) is 4.25. The van der Waals surface area contributed by atoms with Crippen molar-refractivity contribution in [2.24, 2.45) is 11.8 Å². The summed E-state index contributed by atoms with van der Waals surface area (Å²) < 4.78 is 5.16. The Balaban J connectivity index is 1.38. The van der Waals surface area contributed by atoms with Gasteiger partial charge in [0, 0.05) is 17.1 Å². The summed E-state index contributed by atoms with van der Waals surface area (Å²) in [5.74, 6) is -0.485. The van der Waals surface area contributed by atoms with Crippen LogP contribution in [0.5, 0.6) is 5.75 Å². The number of anilines is 3. The fraction of sp³-hybridized carbons (Fsp3) is 0.348. The quantitative estimate of drug-likeness (QED) is 0.715. The highest BCUT2D eigenvalue weighted by molar-refractivity contribution is 6.08. The highest BCUT2D eigenvalue weighted by Crippen LogP contribution is 2.37. The van der Waals surface area contributed by atoms with E-state index in [0.29, 0.717) is 5.69 Å². The first-order chi connectivity index (χ1) is 14.5. The molecule has 30 heavy (non-hydrogen) atoms. The van der Waals surface area contributed by atoms with Crippen molar-refractivity contribution in [3.8, 4) is 5.75 Å². The molecular weight excluding hydrogens is 382 g/mol. The number of amides is 3. The second kappa shape index (κ2) is 8.57. The van der Waals surface area contributed by atoms with Gasteiger partial charge in [0.05, 0.1) is 18.9 Å². The first kappa shape index (κ1) is 19.9. The number of nitrogens with one attached hydrogen (secondary N) is 2. The van der Waals surface area contributed by atoms with Crippen molar-refractivity contribution in [2.45, 2.75) is 25.7 Å². The van der Waals surface area contributed by atoms with Crippen LogP contribution in [0.3, 0.4) is 0 Å². The lowest BCUT2D eigenvalue weighted by Gasteiger charge is -2.19. The van der Waals surface area contributed by atoms with Crippen molar-refractivity contribution in [1.29, 1.82) is 0 Å². The fourth-order valence-electron chi connectivity index (χ4n) is 4.25. The van der Waals surface area contributed by atoms with Gasteiger partial charge in [-0.15, -0.1) is 0 Å². The largest absolute Gasteiger partial charge is 0.497 e. The molecule has 2 atom stereocenters. The van der Waals surface area contributed by atoms with Crippen LogP contribution < -0.4 is 15.4 Å². The number of imide groups is 1. The molecular formula is C23H25N3O4. The lowest BCUT2D eigenvalue weighted by Crippen LogP contribution is -2.38. The van der Waals surface area contributed by atoms with Crippen molar-refractivity contribution < 1.29 is 19.1 Å². The Morgan fingerprint density at radius 2 is 1.60 bits per heavy atom. The summed E-state index contributed by atoms with van der Waals surface area (Å²) in [7, 11) is 1.62. The Morgan fingerprint density at radius 3 is 2.23 bits per heavy atom. The topological polar surface area (TPSA) is 87.7 Å². The average Bonchev–Trinajstić information content (AvgIpc) is 3.00. The van der Waals surface area contributed by atoms with Crippen LogP contribution in [0.1, 0.15) is 25.7 Å². The number of likely N-dealkylation sites (tertiary alicyclic amines) is 1. The van der Waals surface area contributed by atoms with Gasteiger partial charge in [0.15, 0.2) is 0 Å². The zero-order chi connectivity index (χ0) is 21.1. The number of carbonyl (C=O) groups is 3. The van der Waals surface area contributed by atoms with Gasteiger partial charge in [0.25, 0.3) is 0 Å². The molecule has 7 heteroatoms. The first-order valence-corrected chi connectivity index (χ1v) is 10.2. The summed E-state index contributed by atoms with van der Waals surface area (Å²) in [6.45, 7) is -0.235. The molecule has 1 saturated carbocycles. The van der Waals surface area contributed by atoms with Gasteiger partial charge in [-0.2, -0.15) is 0 Å².